The van der Waals surface area contributed by atoms with Gasteiger partial charge in [0.15, 0.2) is 0 Å². The second-order valence-corrected chi connectivity index (χ2v) is 4.69. The van der Waals surface area contributed by atoms with Crippen molar-refractivity contribution >= 4 is 11.9 Å². The fourth-order valence-electron chi connectivity index (χ4n) is 2.27. The zero-order chi connectivity index (χ0) is 13.8. The normalized spacial score (nSPS) is 20.2. The van der Waals surface area contributed by atoms with E-state index in [1.165, 1.54) is 4.90 Å². The first-order chi connectivity index (χ1) is 9.13. The third-order valence-electron chi connectivity index (χ3n) is 3.38. The molecule has 4 nitrogen and oxygen atoms in total. The number of carbonyl (C=O) groups excluding carboxylic acids is 2. The average molecular weight is 258 g/mol. The molecule has 1 aliphatic rings. The van der Waals surface area contributed by atoms with Crippen LogP contribution < -0.4 is 5.32 Å². The largest absolute Gasteiger partial charge is 0.331 e. The minimum absolute atomic E-state index is 0.132. The van der Waals surface area contributed by atoms with Crippen molar-refractivity contribution in [2.24, 2.45) is 0 Å². The number of imide groups is 1. The molecule has 19 heavy (non-hydrogen) atoms. The number of amides is 3. The SMILES string of the molecule is C=C[C@@H]1CCC(=O)N1C(=O)N[C@H](C)c1ccccc1. The first-order valence-electron chi connectivity index (χ1n) is 6.43. The summed E-state index contributed by atoms with van der Waals surface area (Å²) < 4.78 is 0. The molecule has 0 saturated carbocycles. The zero-order valence-electron chi connectivity index (χ0n) is 11.0. The molecular weight excluding hydrogens is 240 g/mol. The summed E-state index contributed by atoms with van der Waals surface area (Å²) in [5, 5.41) is 2.85. The van der Waals surface area contributed by atoms with E-state index in [0.717, 1.165) is 5.56 Å². The molecule has 2 rings (SSSR count). The van der Waals surface area contributed by atoms with Gasteiger partial charge in [-0.15, -0.1) is 6.58 Å². The second kappa shape index (κ2) is 5.69. The summed E-state index contributed by atoms with van der Waals surface area (Å²) in [7, 11) is 0. The minimum Gasteiger partial charge on any atom is -0.331 e. The third kappa shape index (κ3) is 2.84. The molecule has 1 aliphatic heterocycles. The summed E-state index contributed by atoms with van der Waals surface area (Å²) in [5.74, 6) is -0.136. The van der Waals surface area contributed by atoms with Crippen LogP contribution in [0.2, 0.25) is 0 Å². The Balaban J connectivity index is 2.05. The van der Waals surface area contributed by atoms with Gasteiger partial charge in [0, 0.05) is 6.42 Å². The molecular formula is C15H18N2O2. The van der Waals surface area contributed by atoms with Crippen LogP contribution in [0.15, 0.2) is 43.0 Å². The van der Waals surface area contributed by atoms with Gasteiger partial charge in [0.25, 0.3) is 0 Å². The molecule has 1 N–H and O–H groups in total. The second-order valence-electron chi connectivity index (χ2n) is 4.69. The van der Waals surface area contributed by atoms with Gasteiger partial charge in [-0.2, -0.15) is 0 Å². The van der Waals surface area contributed by atoms with Gasteiger partial charge in [-0.1, -0.05) is 36.4 Å². The lowest BCUT2D eigenvalue weighted by Crippen LogP contribution is -2.45. The Bertz CT molecular complexity index is 484. The Morgan fingerprint density at radius 2 is 2.16 bits per heavy atom. The van der Waals surface area contributed by atoms with E-state index in [0.29, 0.717) is 12.8 Å². The fourth-order valence-corrected chi connectivity index (χ4v) is 2.27. The molecule has 0 aromatic heterocycles. The van der Waals surface area contributed by atoms with Crippen molar-refractivity contribution < 1.29 is 9.59 Å². The van der Waals surface area contributed by atoms with E-state index in [1.54, 1.807) is 6.08 Å². The Labute approximate surface area is 113 Å². The number of urea groups is 1. The van der Waals surface area contributed by atoms with Gasteiger partial charge in [-0.05, 0) is 18.9 Å². The first kappa shape index (κ1) is 13.3. The summed E-state index contributed by atoms with van der Waals surface area (Å²) in [6, 6.07) is 9.00. The molecule has 4 heteroatoms. The highest BCUT2D eigenvalue weighted by molar-refractivity contribution is 5.96. The van der Waals surface area contributed by atoms with E-state index in [-0.39, 0.29) is 24.0 Å². The van der Waals surface area contributed by atoms with Crippen molar-refractivity contribution in [3.8, 4) is 0 Å². The smallest absolute Gasteiger partial charge is 0.325 e. The third-order valence-corrected chi connectivity index (χ3v) is 3.38. The predicted molar refractivity (Wildman–Crippen MR) is 73.5 cm³/mol. The average Bonchev–Trinajstić information content (AvgIpc) is 2.80. The summed E-state index contributed by atoms with van der Waals surface area (Å²) in [5.41, 5.74) is 1.01. The minimum atomic E-state index is -0.344. The molecule has 1 fully saturated rings. The lowest BCUT2D eigenvalue weighted by Gasteiger charge is -2.23. The van der Waals surface area contributed by atoms with Crippen LogP contribution in [0.1, 0.15) is 31.4 Å². The van der Waals surface area contributed by atoms with Crippen LogP contribution in [0.3, 0.4) is 0 Å². The maximum absolute atomic E-state index is 12.2. The van der Waals surface area contributed by atoms with Crippen LogP contribution in [0.25, 0.3) is 0 Å². The van der Waals surface area contributed by atoms with Gasteiger partial charge in [-0.25, -0.2) is 4.79 Å². The van der Waals surface area contributed by atoms with Crippen molar-refractivity contribution in [3.05, 3.63) is 48.6 Å². The first-order valence-corrected chi connectivity index (χ1v) is 6.43. The molecule has 0 bridgehead atoms. The van der Waals surface area contributed by atoms with Gasteiger partial charge in [0.2, 0.25) is 5.91 Å². The van der Waals surface area contributed by atoms with E-state index in [4.69, 9.17) is 0 Å². The summed E-state index contributed by atoms with van der Waals surface area (Å²) in [6.45, 7) is 5.57. The molecule has 100 valence electrons. The van der Waals surface area contributed by atoms with Gasteiger partial charge < -0.3 is 5.32 Å². The molecule has 0 spiro atoms. The van der Waals surface area contributed by atoms with Gasteiger partial charge in [0.1, 0.15) is 0 Å². The molecule has 1 saturated heterocycles. The number of hydrogen-bond donors (Lipinski definition) is 1. The van der Waals surface area contributed by atoms with E-state index >= 15 is 0 Å². The predicted octanol–water partition coefficient (Wildman–Crippen LogP) is 2.63. The molecule has 0 aliphatic carbocycles. The van der Waals surface area contributed by atoms with Gasteiger partial charge in [0.05, 0.1) is 12.1 Å². The zero-order valence-corrected chi connectivity index (χ0v) is 11.0. The number of likely N-dealkylation sites (tertiary alicyclic amines) is 1. The number of carbonyl (C=O) groups is 2. The maximum Gasteiger partial charge on any atom is 0.325 e. The van der Waals surface area contributed by atoms with Gasteiger partial charge in [-0.3, -0.25) is 9.69 Å². The van der Waals surface area contributed by atoms with E-state index < -0.39 is 0 Å². The summed E-state index contributed by atoms with van der Waals surface area (Å²) in [6.07, 6.45) is 2.72. The lowest BCUT2D eigenvalue weighted by molar-refractivity contribution is -0.125. The van der Waals surface area contributed by atoms with Crippen LogP contribution in [-0.4, -0.2) is 22.9 Å². The monoisotopic (exact) mass is 258 g/mol. The Kier molecular flexibility index (Phi) is 4.00. The molecule has 2 atom stereocenters. The Hall–Kier alpha value is -2.10. The standard InChI is InChI=1S/C15H18N2O2/c1-3-13-9-10-14(18)17(13)15(19)16-11(2)12-7-5-4-6-8-12/h3-8,11,13H,1,9-10H2,2H3,(H,16,19)/t11-,13-/m1/s1. The van der Waals surface area contributed by atoms with Crippen molar-refractivity contribution in [2.75, 3.05) is 0 Å². The van der Waals surface area contributed by atoms with Crippen molar-refractivity contribution in [1.29, 1.82) is 0 Å². The van der Waals surface area contributed by atoms with Crippen LogP contribution in [0, 0.1) is 0 Å². The quantitative estimate of drug-likeness (QED) is 0.847. The number of hydrogen-bond acceptors (Lipinski definition) is 2. The molecule has 1 aromatic carbocycles. The van der Waals surface area contributed by atoms with E-state index in [1.807, 2.05) is 37.3 Å². The highest BCUT2D eigenvalue weighted by Gasteiger charge is 2.34. The van der Waals surface area contributed by atoms with E-state index in [9.17, 15) is 9.59 Å². The lowest BCUT2D eigenvalue weighted by atomic mass is 10.1. The summed E-state index contributed by atoms with van der Waals surface area (Å²) in [4.78, 5) is 25.1. The van der Waals surface area contributed by atoms with Gasteiger partial charge >= 0.3 is 6.03 Å². The summed E-state index contributed by atoms with van der Waals surface area (Å²) >= 11 is 0. The maximum atomic E-state index is 12.2. The highest BCUT2D eigenvalue weighted by atomic mass is 16.2. The Morgan fingerprint density at radius 3 is 2.79 bits per heavy atom. The van der Waals surface area contributed by atoms with Crippen LogP contribution in [-0.2, 0) is 4.79 Å². The number of benzene rings is 1. The van der Waals surface area contributed by atoms with E-state index in [2.05, 4.69) is 11.9 Å². The molecule has 0 radical (unpaired) electrons. The van der Waals surface area contributed by atoms with Crippen LogP contribution in [0.5, 0.6) is 0 Å². The molecule has 3 amide bonds. The topological polar surface area (TPSA) is 49.4 Å². The fraction of sp³-hybridized carbons (Fsp3) is 0.333. The van der Waals surface area contributed by atoms with Crippen molar-refractivity contribution in [3.63, 3.8) is 0 Å². The van der Waals surface area contributed by atoms with Crippen LogP contribution >= 0.6 is 0 Å². The number of rotatable bonds is 3. The van der Waals surface area contributed by atoms with Crippen molar-refractivity contribution in [2.45, 2.75) is 31.8 Å². The highest BCUT2D eigenvalue weighted by Crippen LogP contribution is 2.20. The van der Waals surface area contributed by atoms with Crippen molar-refractivity contribution in [1.82, 2.24) is 10.2 Å². The molecule has 1 heterocycles. The number of nitrogens with one attached hydrogen (secondary N) is 1. The molecule has 1 aromatic rings. The molecule has 0 unspecified atom stereocenters. The van der Waals surface area contributed by atoms with Crippen LogP contribution in [0.4, 0.5) is 4.79 Å². The number of nitrogens with zero attached hydrogens (tertiary/aromatic N) is 1. The Morgan fingerprint density at radius 1 is 1.47 bits per heavy atom.